The van der Waals surface area contributed by atoms with Gasteiger partial charge in [-0.1, -0.05) is 12.1 Å². The zero-order valence-electron chi connectivity index (χ0n) is 34.8. The molecule has 0 spiro atoms. The lowest BCUT2D eigenvalue weighted by atomic mass is 9.82. The van der Waals surface area contributed by atoms with E-state index in [1.165, 1.54) is 17.4 Å². The van der Waals surface area contributed by atoms with E-state index in [1.807, 2.05) is 0 Å². The standard InChI is InChI=1S/C44H50F3N7O7S/c1-43(2,60)28-22-32-34(23-31(28)50-38(56)30-10-5-11-35(49-30)44(45,46)47)62-40(51-32)26-14-12-25(13-15-26)24-53(3)19-7-21-61-20-6-18-48-29-9-4-8-27-37(29)42(59)54(41(27)58)33-16-17-36(55)52-39(33)57/h4-5,8-11,22-23,25-26,33,48,60H,6-7,12-21,24H2,1-3H3,(H,50,56)(H,52,55,57). The average Bonchev–Trinajstić information content (AvgIpc) is 3.75. The Morgan fingerprint density at radius 2 is 1.71 bits per heavy atom. The van der Waals surface area contributed by atoms with Crippen LogP contribution in [0.5, 0.6) is 0 Å². The van der Waals surface area contributed by atoms with Crippen molar-refractivity contribution < 1.29 is 47.0 Å². The first kappa shape index (κ1) is 44.7. The number of alkyl halides is 3. The molecule has 330 valence electrons. The lowest BCUT2D eigenvalue weighted by molar-refractivity contribution is -0.141. The minimum absolute atomic E-state index is 0.0607. The molecule has 1 unspecified atom stereocenters. The van der Waals surface area contributed by atoms with Gasteiger partial charge in [-0.05, 0) is 108 Å². The van der Waals surface area contributed by atoms with Crippen molar-refractivity contribution in [3.05, 3.63) is 81.6 Å². The van der Waals surface area contributed by atoms with Crippen LogP contribution < -0.4 is 16.0 Å². The summed E-state index contributed by atoms with van der Waals surface area (Å²) in [6.45, 7) is 6.64. The monoisotopic (exact) mass is 877 g/mol. The van der Waals surface area contributed by atoms with Gasteiger partial charge in [-0.25, -0.2) is 9.97 Å². The summed E-state index contributed by atoms with van der Waals surface area (Å²) in [6, 6.07) is 10.6. The highest BCUT2D eigenvalue weighted by atomic mass is 32.1. The van der Waals surface area contributed by atoms with E-state index in [9.17, 15) is 42.3 Å². The number of nitrogens with zero attached hydrogens (tertiary/aromatic N) is 4. The molecule has 1 saturated heterocycles. The molecule has 2 aromatic heterocycles. The molecule has 2 aliphatic heterocycles. The van der Waals surface area contributed by atoms with Crippen molar-refractivity contribution in [1.82, 2.24) is 25.1 Å². The van der Waals surface area contributed by atoms with E-state index in [-0.39, 0.29) is 41.3 Å². The maximum absolute atomic E-state index is 13.3. The van der Waals surface area contributed by atoms with Crippen LogP contribution in [0.1, 0.15) is 119 Å². The molecule has 18 heteroatoms. The second-order valence-corrected chi connectivity index (χ2v) is 17.8. The van der Waals surface area contributed by atoms with Crippen molar-refractivity contribution >= 4 is 62.5 Å². The van der Waals surface area contributed by atoms with Crippen molar-refractivity contribution in [2.45, 2.75) is 89.0 Å². The first-order valence-electron chi connectivity index (χ1n) is 20.9. The summed E-state index contributed by atoms with van der Waals surface area (Å²) in [5, 5.41) is 20.1. The number of benzene rings is 2. The van der Waals surface area contributed by atoms with Gasteiger partial charge in [0.15, 0.2) is 0 Å². The third-order valence-corrected chi connectivity index (χ3v) is 12.7. The molecular weight excluding hydrogens is 828 g/mol. The number of halogens is 3. The quantitative estimate of drug-likeness (QED) is 0.0694. The first-order valence-corrected chi connectivity index (χ1v) is 21.7. The van der Waals surface area contributed by atoms with E-state index in [0.29, 0.717) is 48.9 Å². The van der Waals surface area contributed by atoms with Crippen molar-refractivity contribution in [2.24, 2.45) is 5.92 Å². The van der Waals surface area contributed by atoms with Crippen LogP contribution >= 0.6 is 11.3 Å². The minimum atomic E-state index is -4.70. The molecule has 3 aliphatic rings. The van der Waals surface area contributed by atoms with E-state index in [1.54, 1.807) is 44.2 Å². The smallest absolute Gasteiger partial charge is 0.386 e. The van der Waals surface area contributed by atoms with Gasteiger partial charge in [-0.3, -0.25) is 34.2 Å². The Labute approximate surface area is 360 Å². The summed E-state index contributed by atoms with van der Waals surface area (Å²) < 4.78 is 46.4. The largest absolute Gasteiger partial charge is 0.433 e. The molecule has 14 nitrogen and oxygen atoms in total. The molecule has 2 aromatic carbocycles. The number of thiazole rings is 1. The van der Waals surface area contributed by atoms with Gasteiger partial charge < -0.3 is 25.4 Å². The molecular formula is C44H50F3N7O7S. The fourth-order valence-corrected chi connectivity index (χ4v) is 9.56. The molecule has 4 heterocycles. The molecule has 5 amide bonds. The predicted molar refractivity (Wildman–Crippen MR) is 226 cm³/mol. The van der Waals surface area contributed by atoms with Gasteiger partial charge in [-0.2, -0.15) is 13.2 Å². The van der Waals surface area contributed by atoms with Gasteiger partial charge in [-0.15, -0.1) is 11.3 Å². The number of amides is 5. The van der Waals surface area contributed by atoms with Crippen LogP contribution in [0.4, 0.5) is 24.5 Å². The van der Waals surface area contributed by atoms with Crippen LogP contribution in [0.3, 0.4) is 0 Å². The molecule has 62 heavy (non-hydrogen) atoms. The number of rotatable bonds is 16. The number of ether oxygens (including phenoxy) is 1. The number of piperidine rings is 1. The van der Waals surface area contributed by atoms with Gasteiger partial charge in [0.2, 0.25) is 11.8 Å². The summed E-state index contributed by atoms with van der Waals surface area (Å²) in [6.07, 6.45) is 1.07. The Morgan fingerprint density at radius 1 is 0.968 bits per heavy atom. The van der Waals surface area contributed by atoms with Gasteiger partial charge in [0.05, 0.1) is 32.0 Å². The summed E-state index contributed by atoms with van der Waals surface area (Å²) in [4.78, 5) is 75.2. The summed E-state index contributed by atoms with van der Waals surface area (Å²) in [5.74, 6) is -2.15. The SMILES string of the molecule is CN(CCCOCCCNc1cccc2c1C(=O)N(C1CCC(=O)NC1=O)C2=O)CC1CCC(c2nc3cc(C(C)(C)O)c(NC(=O)c4cccc(C(F)(F)F)n4)cc3s2)CC1. The third-order valence-electron chi connectivity index (χ3n) is 11.6. The summed E-state index contributed by atoms with van der Waals surface area (Å²) in [5.41, 5.74) is -0.583. The molecule has 1 atom stereocenters. The lowest BCUT2D eigenvalue weighted by Crippen LogP contribution is -2.54. The Morgan fingerprint density at radius 3 is 2.44 bits per heavy atom. The zero-order chi connectivity index (χ0) is 44.3. The predicted octanol–water partition coefficient (Wildman–Crippen LogP) is 6.71. The Bertz CT molecular complexity index is 2360. The number of hydrogen-bond acceptors (Lipinski definition) is 12. The molecule has 1 aliphatic carbocycles. The molecule has 4 N–H and O–H groups in total. The van der Waals surface area contributed by atoms with E-state index in [2.05, 4.69) is 32.9 Å². The number of carbonyl (C=O) groups excluding carboxylic acids is 5. The fourth-order valence-electron chi connectivity index (χ4n) is 8.40. The van der Waals surface area contributed by atoms with Crippen LogP contribution in [0.25, 0.3) is 10.2 Å². The summed E-state index contributed by atoms with van der Waals surface area (Å²) >= 11 is 1.53. The summed E-state index contributed by atoms with van der Waals surface area (Å²) in [7, 11) is 2.12. The number of aromatic nitrogens is 2. The second-order valence-electron chi connectivity index (χ2n) is 16.7. The number of fused-ring (bicyclic) bond motifs is 2. The van der Waals surface area contributed by atoms with Crippen molar-refractivity contribution in [3.8, 4) is 0 Å². The fraction of sp³-hybridized carbons (Fsp3) is 0.477. The highest BCUT2D eigenvalue weighted by Gasteiger charge is 2.45. The molecule has 0 bridgehead atoms. The number of nitrogens with one attached hydrogen (secondary N) is 3. The van der Waals surface area contributed by atoms with Crippen LogP contribution in [-0.2, 0) is 26.1 Å². The zero-order valence-corrected chi connectivity index (χ0v) is 35.6. The topological polar surface area (TPSA) is 183 Å². The lowest BCUT2D eigenvalue weighted by Gasteiger charge is -2.30. The Kier molecular flexibility index (Phi) is 13.4. The Balaban J connectivity index is 0.825. The van der Waals surface area contributed by atoms with Crippen LogP contribution in [0.2, 0.25) is 0 Å². The first-order chi connectivity index (χ1) is 29.5. The van der Waals surface area contributed by atoms with Gasteiger partial charge in [0, 0.05) is 62.1 Å². The molecule has 2 fully saturated rings. The van der Waals surface area contributed by atoms with E-state index < -0.39 is 53.0 Å². The number of imide groups is 2. The number of hydrogen-bond donors (Lipinski definition) is 4. The molecule has 1 saturated carbocycles. The minimum Gasteiger partial charge on any atom is -0.386 e. The molecule has 7 rings (SSSR count). The van der Waals surface area contributed by atoms with Gasteiger partial charge in [0.1, 0.15) is 17.4 Å². The van der Waals surface area contributed by atoms with Crippen molar-refractivity contribution in [3.63, 3.8) is 0 Å². The highest BCUT2D eigenvalue weighted by molar-refractivity contribution is 7.18. The van der Waals surface area contributed by atoms with E-state index >= 15 is 0 Å². The van der Waals surface area contributed by atoms with Crippen molar-refractivity contribution in [1.29, 1.82) is 0 Å². The third kappa shape index (κ3) is 10.1. The highest BCUT2D eigenvalue weighted by Crippen LogP contribution is 2.42. The van der Waals surface area contributed by atoms with Crippen LogP contribution in [-0.4, -0.2) is 100 Å². The number of pyridine rings is 1. The van der Waals surface area contributed by atoms with E-state index in [4.69, 9.17) is 9.72 Å². The van der Waals surface area contributed by atoms with Crippen molar-refractivity contribution in [2.75, 3.05) is 50.5 Å². The van der Waals surface area contributed by atoms with Crippen LogP contribution in [0.15, 0.2) is 48.5 Å². The maximum Gasteiger partial charge on any atom is 0.433 e. The van der Waals surface area contributed by atoms with Gasteiger partial charge >= 0.3 is 6.18 Å². The normalized spacial score (nSPS) is 19.6. The molecule has 4 aromatic rings. The Hall–Kier alpha value is -5.30. The number of anilines is 2. The van der Waals surface area contributed by atoms with E-state index in [0.717, 1.165) is 71.9 Å². The number of carbonyl (C=O) groups is 5. The number of aliphatic hydroxyl groups is 1. The average molecular weight is 878 g/mol. The van der Waals surface area contributed by atoms with Crippen LogP contribution in [0, 0.1) is 5.92 Å². The maximum atomic E-state index is 13.3. The molecule has 0 radical (unpaired) electrons. The van der Waals surface area contributed by atoms with Gasteiger partial charge in [0.25, 0.3) is 17.7 Å². The second kappa shape index (κ2) is 18.6.